The molecular weight excluding hydrogens is 268 g/mol. The maximum Gasteiger partial charge on any atom is 0.219 e. The average Bonchev–Trinajstić information content (AvgIpc) is 2.46. The first-order valence-electron chi connectivity index (χ1n) is 7.18. The smallest absolute Gasteiger partial charge is 0.219 e. The molecule has 0 spiro atoms. The first-order chi connectivity index (χ1) is 9.81. The normalized spacial score (nSPS) is 16.0. The van der Waals surface area contributed by atoms with Gasteiger partial charge < -0.3 is 15.2 Å². The van der Waals surface area contributed by atoms with Crippen LogP contribution in [0.15, 0.2) is 6.07 Å². The fourth-order valence-corrected chi connectivity index (χ4v) is 2.26. The van der Waals surface area contributed by atoms with E-state index in [2.05, 4.69) is 41.1 Å². The number of nitrogen functional groups attached to an aromatic ring is 1. The Labute approximate surface area is 125 Å². The number of rotatable bonds is 2. The van der Waals surface area contributed by atoms with Crippen LogP contribution in [-0.4, -0.2) is 47.0 Å². The maximum atomic E-state index is 11.4. The van der Waals surface area contributed by atoms with Gasteiger partial charge in [0, 0.05) is 44.6 Å². The quantitative estimate of drug-likeness (QED) is 0.617. The van der Waals surface area contributed by atoms with Gasteiger partial charge in [0.05, 0.1) is 0 Å². The molecule has 0 radical (unpaired) electrons. The highest BCUT2D eigenvalue weighted by Crippen LogP contribution is 2.24. The van der Waals surface area contributed by atoms with Crippen molar-refractivity contribution >= 4 is 17.5 Å². The summed E-state index contributed by atoms with van der Waals surface area (Å²) in [5, 5.41) is 0. The number of anilines is 2. The van der Waals surface area contributed by atoms with Gasteiger partial charge in [0.25, 0.3) is 0 Å². The van der Waals surface area contributed by atoms with Crippen molar-refractivity contribution in [2.75, 3.05) is 36.5 Å². The highest BCUT2D eigenvalue weighted by atomic mass is 16.2. The summed E-state index contributed by atoms with van der Waals surface area (Å²) < 4.78 is 0. The van der Waals surface area contributed by atoms with Gasteiger partial charge in [-0.1, -0.05) is 20.8 Å². The molecule has 7 nitrogen and oxygen atoms in total. The summed E-state index contributed by atoms with van der Waals surface area (Å²) >= 11 is 0. The van der Waals surface area contributed by atoms with E-state index in [-0.39, 0.29) is 11.3 Å². The lowest BCUT2D eigenvalue weighted by molar-refractivity contribution is -0.129. The van der Waals surface area contributed by atoms with Crippen molar-refractivity contribution < 1.29 is 4.79 Å². The van der Waals surface area contributed by atoms with Crippen molar-refractivity contribution in [1.29, 1.82) is 0 Å². The Morgan fingerprint density at radius 1 is 1.24 bits per heavy atom. The van der Waals surface area contributed by atoms with Gasteiger partial charge in [-0.05, 0) is 0 Å². The molecule has 116 valence electrons. The van der Waals surface area contributed by atoms with Crippen molar-refractivity contribution in [3.63, 3.8) is 0 Å². The van der Waals surface area contributed by atoms with Crippen molar-refractivity contribution in [2.45, 2.75) is 33.1 Å². The van der Waals surface area contributed by atoms with E-state index in [4.69, 9.17) is 5.84 Å². The summed E-state index contributed by atoms with van der Waals surface area (Å²) in [7, 11) is 0. The second-order valence-electron chi connectivity index (χ2n) is 6.32. The average molecular weight is 292 g/mol. The zero-order chi connectivity index (χ0) is 15.6. The molecule has 0 aromatic carbocycles. The summed E-state index contributed by atoms with van der Waals surface area (Å²) in [6.07, 6.45) is 0. The van der Waals surface area contributed by atoms with E-state index >= 15 is 0 Å². The number of amides is 1. The van der Waals surface area contributed by atoms with E-state index in [1.54, 1.807) is 6.92 Å². The maximum absolute atomic E-state index is 11.4. The second kappa shape index (κ2) is 5.85. The van der Waals surface area contributed by atoms with Gasteiger partial charge in [0.1, 0.15) is 17.5 Å². The lowest BCUT2D eigenvalue weighted by Crippen LogP contribution is -2.48. The van der Waals surface area contributed by atoms with Crippen LogP contribution in [0.5, 0.6) is 0 Å². The number of piperazine rings is 1. The van der Waals surface area contributed by atoms with Gasteiger partial charge in [-0.15, -0.1) is 0 Å². The Kier molecular flexibility index (Phi) is 4.32. The fourth-order valence-electron chi connectivity index (χ4n) is 2.26. The molecule has 1 aliphatic heterocycles. The molecule has 1 aromatic rings. The number of hydrogen-bond donors (Lipinski definition) is 2. The molecule has 21 heavy (non-hydrogen) atoms. The van der Waals surface area contributed by atoms with Crippen LogP contribution in [0.2, 0.25) is 0 Å². The van der Waals surface area contributed by atoms with Gasteiger partial charge in [-0.2, -0.15) is 0 Å². The van der Waals surface area contributed by atoms with Crippen LogP contribution >= 0.6 is 0 Å². The van der Waals surface area contributed by atoms with E-state index in [9.17, 15) is 4.79 Å². The molecule has 0 atom stereocenters. The van der Waals surface area contributed by atoms with Crippen LogP contribution in [0.1, 0.15) is 33.5 Å². The molecule has 0 saturated carbocycles. The standard InChI is InChI=1S/C14H24N6O/c1-10(21)19-5-7-20(8-6-19)12-9-11(18-15)16-13(17-12)14(2,3)4/h9H,5-8,15H2,1-4H3,(H,16,17,18). The largest absolute Gasteiger partial charge is 0.353 e. The Bertz CT molecular complexity index is 517. The number of aromatic nitrogens is 2. The molecule has 1 fully saturated rings. The van der Waals surface area contributed by atoms with Gasteiger partial charge in [-0.25, -0.2) is 15.8 Å². The fraction of sp³-hybridized carbons (Fsp3) is 0.643. The number of carbonyl (C=O) groups excluding carboxylic acids is 1. The topological polar surface area (TPSA) is 87.4 Å². The zero-order valence-corrected chi connectivity index (χ0v) is 13.2. The van der Waals surface area contributed by atoms with Crippen LogP contribution in [0.4, 0.5) is 11.6 Å². The molecule has 2 rings (SSSR count). The van der Waals surface area contributed by atoms with Gasteiger partial charge in [0.2, 0.25) is 5.91 Å². The lowest BCUT2D eigenvalue weighted by atomic mass is 9.96. The predicted octanol–water partition coefficient (Wildman–Crippen LogP) is 0.728. The van der Waals surface area contributed by atoms with Gasteiger partial charge in [0.15, 0.2) is 0 Å². The monoisotopic (exact) mass is 292 g/mol. The second-order valence-corrected chi connectivity index (χ2v) is 6.32. The molecule has 2 heterocycles. The van der Waals surface area contributed by atoms with E-state index in [0.29, 0.717) is 5.82 Å². The van der Waals surface area contributed by atoms with E-state index < -0.39 is 0 Å². The van der Waals surface area contributed by atoms with E-state index in [1.807, 2.05) is 11.0 Å². The lowest BCUT2D eigenvalue weighted by Gasteiger charge is -2.35. The molecule has 3 N–H and O–H groups in total. The molecule has 1 aromatic heterocycles. The van der Waals surface area contributed by atoms with Crippen LogP contribution in [-0.2, 0) is 10.2 Å². The number of nitrogens with one attached hydrogen (secondary N) is 1. The molecule has 1 aliphatic rings. The van der Waals surface area contributed by atoms with Crippen molar-refractivity contribution in [3.8, 4) is 0 Å². The minimum absolute atomic E-state index is 0.122. The molecular formula is C14H24N6O. The number of nitrogens with two attached hydrogens (primary N) is 1. The van der Waals surface area contributed by atoms with Gasteiger partial charge >= 0.3 is 0 Å². The number of hydrazine groups is 1. The Morgan fingerprint density at radius 2 is 1.86 bits per heavy atom. The van der Waals surface area contributed by atoms with E-state index in [0.717, 1.165) is 37.8 Å². The molecule has 0 unspecified atom stereocenters. The third-order valence-corrected chi connectivity index (χ3v) is 3.58. The first kappa shape index (κ1) is 15.5. The Balaban J connectivity index is 2.22. The van der Waals surface area contributed by atoms with Gasteiger partial charge in [-0.3, -0.25) is 4.79 Å². The summed E-state index contributed by atoms with van der Waals surface area (Å²) in [5.41, 5.74) is 2.45. The van der Waals surface area contributed by atoms with Crippen molar-refractivity contribution in [1.82, 2.24) is 14.9 Å². The molecule has 0 bridgehead atoms. The Morgan fingerprint density at radius 3 is 2.33 bits per heavy atom. The molecule has 1 saturated heterocycles. The number of nitrogens with zero attached hydrogens (tertiary/aromatic N) is 4. The SMILES string of the molecule is CC(=O)N1CCN(c2cc(NN)nc(C(C)(C)C)n2)CC1. The number of carbonyl (C=O) groups is 1. The van der Waals surface area contributed by atoms with E-state index in [1.165, 1.54) is 0 Å². The summed E-state index contributed by atoms with van der Waals surface area (Å²) in [4.78, 5) is 24.5. The zero-order valence-electron chi connectivity index (χ0n) is 13.2. The highest BCUT2D eigenvalue weighted by molar-refractivity contribution is 5.73. The molecule has 0 aliphatic carbocycles. The summed E-state index contributed by atoms with van der Waals surface area (Å²) in [6.45, 7) is 10.8. The first-order valence-corrected chi connectivity index (χ1v) is 7.18. The number of hydrogen-bond acceptors (Lipinski definition) is 6. The van der Waals surface area contributed by atoms with Crippen LogP contribution in [0.25, 0.3) is 0 Å². The minimum atomic E-state index is -0.150. The highest BCUT2D eigenvalue weighted by Gasteiger charge is 2.23. The third-order valence-electron chi connectivity index (χ3n) is 3.58. The van der Waals surface area contributed by atoms with Crippen LogP contribution in [0.3, 0.4) is 0 Å². The van der Waals surface area contributed by atoms with Crippen LogP contribution in [0, 0.1) is 0 Å². The predicted molar refractivity (Wildman–Crippen MR) is 83.0 cm³/mol. The molecule has 1 amide bonds. The summed E-state index contributed by atoms with van der Waals surface area (Å²) in [5.74, 6) is 7.85. The molecule has 7 heteroatoms. The third kappa shape index (κ3) is 3.60. The summed E-state index contributed by atoms with van der Waals surface area (Å²) in [6, 6.07) is 1.85. The van der Waals surface area contributed by atoms with Crippen molar-refractivity contribution in [3.05, 3.63) is 11.9 Å². The van der Waals surface area contributed by atoms with Crippen LogP contribution < -0.4 is 16.2 Å². The van der Waals surface area contributed by atoms with Crippen molar-refractivity contribution in [2.24, 2.45) is 5.84 Å². The Hall–Kier alpha value is -1.89. The minimum Gasteiger partial charge on any atom is -0.353 e.